The number of hydrogen-bond donors (Lipinski definition) is 0. The molecule has 39 heavy (non-hydrogen) atoms. The Balaban J connectivity index is 1.39. The zero-order valence-corrected chi connectivity index (χ0v) is 21.3. The van der Waals surface area contributed by atoms with E-state index in [1.807, 2.05) is 5.38 Å². The van der Waals surface area contributed by atoms with Crippen molar-refractivity contribution in [1.29, 1.82) is 0 Å². The first-order chi connectivity index (χ1) is 19.0. The molecular weight excluding hydrogens is 553 g/mol. The van der Waals surface area contributed by atoms with Crippen LogP contribution in [0.4, 0.5) is 13.2 Å². The van der Waals surface area contributed by atoms with Gasteiger partial charge in [-0.25, -0.2) is 14.1 Å². The van der Waals surface area contributed by atoms with Crippen LogP contribution < -0.4 is 0 Å². The molecule has 0 fully saturated rings. The van der Waals surface area contributed by atoms with E-state index in [2.05, 4.69) is 35.7 Å². The lowest BCUT2D eigenvalue weighted by atomic mass is 10.0. The van der Waals surface area contributed by atoms with E-state index in [1.165, 1.54) is 53.1 Å². The van der Waals surface area contributed by atoms with E-state index in [1.54, 1.807) is 35.3 Å². The van der Waals surface area contributed by atoms with Gasteiger partial charge < -0.3 is 0 Å². The second kappa shape index (κ2) is 10.4. The van der Waals surface area contributed by atoms with Crippen LogP contribution >= 0.6 is 22.9 Å². The van der Waals surface area contributed by atoms with Crippen molar-refractivity contribution in [2.24, 2.45) is 0 Å². The van der Waals surface area contributed by atoms with E-state index < -0.39 is 18.4 Å². The fourth-order valence-electron chi connectivity index (χ4n) is 4.22. The first kappa shape index (κ1) is 24.9. The Hall–Kier alpha value is -4.43. The van der Waals surface area contributed by atoms with Crippen molar-refractivity contribution in [3.8, 4) is 28.1 Å². The predicted octanol–water partition coefficient (Wildman–Crippen LogP) is 5.26. The van der Waals surface area contributed by atoms with Gasteiger partial charge >= 0.3 is 6.55 Å². The van der Waals surface area contributed by atoms with E-state index in [9.17, 15) is 8.78 Å². The molecule has 0 spiro atoms. The molecule has 0 aliphatic carbocycles. The Bertz CT molecular complexity index is 1700. The topological polar surface area (TPSA) is 105 Å². The number of pyridine rings is 1. The first-order valence-electron chi connectivity index (χ1n) is 11.4. The molecule has 196 valence electrons. The fraction of sp³-hybridized carbons (Fsp3) is 0.125. The molecule has 0 saturated carbocycles. The highest BCUT2D eigenvalue weighted by atomic mass is 35.5. The second-order valence-electron chi connectivity index (χ2n) is 8.28. The molecule has 6 rings (SSSR count). The van der Waals surface area contributed by atoms with Gasteiger partial charge in [0, 0.05) is 53.3 Å². The van der Waals surface area contributed by atoms with Crippen molar-refractivity contribution < 1.29 is 13.2 Å². The summed E-state index contributed by atoms with van der Waals surface area (Å²) >= 11 is 7.56. The SMILES string of the molecule is Fc1c(Cl)ccc(-n2cnnn2)c1-c1ccc([C@H](Cc2nccs2)n2cc(-c3ccnn3C(F)F)cn2)nc1. The Morgan fingerprint density at radius 3 is 2.59 bits per heavy atom. The average molecular weight is 569 g/mol. The van der Waals surface area contributed by atoms with Crippen LogP contribution in [-0.4, -0.2) is 49.7 Å². The highest BCUT2D eigenvalue weighted by molar-refractivity contribution is 7.09. The van der Waals surface area contributed by atoms with Crippen LogP contribution in [0.1, 0.15) is 23.3 Å². The van der Waals surface area contributed by atoms with E-state index in [0.717, 1.165) is 5.01 Å². The summed E-state index contributed by atoms with van der Waals surface area (Å²) in [6, 6.07) is 7.59. The number of thiazole rings is 1. The molecular formula is C24H16ClF3N10S. The molecule has 0 bridgehead atoms. The van der Waals surface area contributed by atoms with Crippen LogP contribution in [0.2, 0.25) is 5.02 Å². The van der Waals surface area contributed by atoms with Gasteiger partial charge in [-0.05, 0) is 34.7 Å². The zero-order valence-electron chi connectivity index (χ0n) is 19.7. The molecule has 15 heteroatoms. The third kappa shape index (κ3) is 4.79. The monoisotopic (exact) mass is 568 g/mol. The minimum absolute atomic E-state index is 0.0559. The van der Waals surface area contributed by atoms with Crippen molar-refractivity contribution >= 4 is 22.9 Å². The molecule has 1 aromatic carbocycles. The minimum Gasteiger partial charge on any atom is -0.263 e. The third-order valence-electron chi connectivity index (χ3n) is 6.01. The highest BCUT2D eigenvalue weighted by Gasteiger charge is 2.23. The highest BCUT2D eigenvalue weighted by Crippen LogP contribution is 2.34. The number of halogens is 4. The van der Waals surface area contributed by atoms with Crippen molar-refractivity contribution in [3.05, 3.63) is 94.6 Å². The quantitative estimate of drug-likeness (QED) is 0.247. The van der Waals surface area contributed by atoms with Gasteiger partial charge in [0.2, 0.25) is 0 Å². The number of rotatable bonds is 8. The van der Waals surface area contributed by atoms with Crippen LogP contribution in [0, 0.1) is 5.82 Å². The summed E-state index contributed by atoms with van der Waals surface area (Å²) in [6.07, 6.45) is 9.50. The summed E-state index contributed by atoms with van der Waals surface area (Å²) in [5.74, 6) is -0.633. The maximum atomic E-state index is 15.2. The van der Waals surface area contributed by atoms with Gasteiger partial charge in [0.05, 0.1) is 33.3 Å². The van der Waals surface area contributed by atoms with Crippen molar-refractivity contribution in [2.75, 3.05) is 0 Å². The number of nitrogens with zero attached hydrogens (tertiary/aromatic N) is 10. The van der Waals surface area contributed by atoms with E-state index in [4.69, 9.17) is 11.6 Å². The summed E-state index contributed by atoms with van der Waals surface area (Å²) in [5.41, 5.74) is 2.35. The van der Waals surface area contributed by atoms with Gasteiger partial charge in [-0.1, -0.05) is 17.7 Å². The van der Waals surface area contributed by atoms with E-state index in [0.29, 0.717) is 33.6 Å². The molecule has 10 nitrogen and oxygen atoms in total. The van der Waals surface area contributed by atoms with Gasteiger partial charge in [0.25, 0.3) is 0 Å². The molecule has 0 unspecified atom stereocenters. The summed E-state index contributed by atoms with van der Waals surface area (Å²) in [5, 5.41) is 21.9. The first-order valence-corrected chi connectivity index (χ1v) is 12.7. The van der Waals surface area contributed by atoms with E-state index in [-0.39, 0.29) is 16.3 Å². The normalized spacial score (nSPS) is 12.3. The molecule has 0 N–H and O–H groups in total. The Kier molecular flexibility index (Phi) is 6.62. The van der Waals surface area contributed by atoms with Gasteiger partial charge in [-0.2, -0.15) is 23.7 Å². The third-order valence-corrected chi connectivity index (χ3v) is 7.10. The molecule has 5 aromatic heterocycles. The predicted molar refractivity (Wildman–Crippen MR) is 136 cm³/mol. The summed E-state index contributed by atoms with van der Waals surface area (Å²) in [7, 11) is 0. The molecule has 6 aromatic rings. The number of hydrogen-bond acceptors (Lipinski definition) is 8. The molecule has 0 amide bonds. The maximum Gasteiger partial charge on any atom is 0.333 e. The summed E-state index contributed by atoms with van der Waals surface area (Å²) in [6.45, 7) is -2.79. The van der Waals surface area contributed by atoms with Crippen LogP contribution in [0.5, 0.6) is 0 Å². The molecule has 1 atom stereocenters. The lowest BCUT2D eigenvalue weighted by Gasteiger charge is -2.17. The summed E-state index contributed by atoms with van der Waals surface area (Å²) < 4.78 is 45.6. The van der Waals surface area contributed by atoms with Gasteiger partial charge in [0.15, 0.2) is 5.82 Å². The van der Waals surface area contributed by atoms with Crippen LogP contribution in [0.3, 0.4) is 0 Å². The summed E-state index contributed by atoms with van der Waals surface area (Å²) in [4.78, 5) is 9.01. The Morgan fingerprint density at radius 1 is 0.974 bits per heavy atom. The van der Waals surface area contributed by atoms with E-state index >= 15 is 4.39 Å². The lowest BCUT2D eigenvalue weighted by molar-refractivity contribution is 0.0585. The standard InChI is InChI=1S/C24H16ClF3N10S/c25-16-2-4-19(37-13-31-34-35-37)22(23(16)26)14-1-3-17(30-10-14)20(9-21-29-7-8-39-21)36-12-15(11-33-36)18-5-6-32-38(18)24(27)28/h1-8,10-13,20,24H,9H2/t20-/m0/s1. The number of benzene rings is 1. The lowest BCUT2D eigenvalue weighted by Crippen LogP contribution is -2.15. The zero-order chi connectivity index (χ0) is 26.9. The number of alkyl halides is 2. The Morgan fingerprint density at radius 2 is 1.87 bits per heavy atom. The average Bonchev–Trinajstić information content (AvgIpc) is 3.76. The van der Waals surface area contributed by atoms with Gasteiger partial charge in [-0.15, -0.1) is 16.4 Å². The largest absolute Gasteiger partial charge is 0.333 e. The molecule has 0 saturated heterocycles. The van der Waals surface area contributed by atoms with Crippen LogP contribution in [0.15, 0.2) is 73.0 Å². The van der Waals surface area contributed by atoms with Gasteiger partial charge in [-0.3, -0.25) is 9.67 Å². The van der Waals surface area contributed by atoms with Crippen LogP contribution in [-0.2, 0) is 6.42 Å². The van der Waals surface area contributed by atoms with Crippen molar-refractivity contribution in [1.82, 2.24) is 49.7 Å². The maximum absolute atomic E-state index is 15.2. The molecule has 5 heterocycles. The van der Waals surface area contributed by atoms with Crippen molar-refractivity contribution in [2.45, 2.75) is 19.0 Å². The van der Waals surface area contributed by atoms with Crippen LogP contribution in [0.25, 0.3) is 28.1 Å². The molecule has 0 radical (unpaired) electrons. The molecule has 0 aliphatic heterocycles. The molecule has 0 aliphatic rings. The van der Waals surface area contributed by atoms with Crippen molar-refractivity contribution in [3.63, 3.8) is 0 Å². The second-order valence-corrected chi connectivity index (χ2v) is 9.66. The smallest absolute Gasteiger partial charge is 0.263 e. The minimum atomic E-state index is -2.79. The number of aromatic nitrogens is 10. The van der Waals surface area contributed by atoms with Gasteiger partial charge in [0.1, 0.15) is 12.4 Å². The fourth-order valence-corrected chi connectivity index (χ4v) is 5.03. The number of tetrazole rings is 1. The Labute approximate surface area is 227 Å².